The second-order valence-corrected chi connectivity index (χ2v) is 24.3. The van der Waals surface area contributed by atoms with Gasteiger partial charge in [-0.25, -0.2) is 0 Å². The van der Waals surface area contributed by atoms with Crippen LogP contribution in [0.5, 0.6) is 11.5 Å². The van der Waals surface area contributed by atoms with Gasteiger partial charge in [0.1, 0.15) is 24.7 Å². The van der Waals surface area contributed by atoms with Crippen molar-refractivity contribution in [1.29, 1.82) is 0 Å². The maximum Gasteiger partial charge on any atom is 0.356 e. The summed E-state index contributed by atoms with van der Waals surface area (Å²) in [5.74, 6) is 0.995. The summed E-state index contributed by atoms with van der Waals surface area (Å²) >= 11 is 0. The fourth-order valence-corrected chi connectivity index (χ4v) is 10.6. The smallest absolute Gasteiger partial charge is 0.356 e. The number of ether oxygens (including phenoxy) is 4. The Labute approximate surface area is 369 Å². The Morgan fingerprint density at radius 2 is 0.581 bits per heavy atom. The van der Waals surface area contributed by atoms with Crippen LogP contribution in [0.25, 0.3) is 0 Å². The average molecular weight is 891 g/mol. The van der Waals surface area contributed by atoms with Crippen LogP contribution in [0.15, 0.2) is 48.5 Å². The van der Waals surface area contributed by atoms with Crippen LogP contribution in [0, 0.1) is 0 Å². The minimum atomic E-state index is -4.93. The van der Waals surface area contributed by atoms with E-state index in [1.165, 1.54) is 0 Å². The monoisotopic (exact) mass is 890 g/mol. The molecule has 0 atom stereocenters. The molecule has 1 aliphatic heterocycles. The van der Waals surface area contributed by atoms with Crippen LogP contribution in [0.4, 0.5) is 0 Å². The first-order valence-corrected chi connectivity index (χ1v) is 24.9. The van der Waals surface area contributed by atoms with Gasteiger partial charge >= 0.3 is 15.2 Å². The van der Waals surface area contributed by atoms with E-state index in [0.717, 1.165) is 22.3 Å². The third-order valence-corrected chi connectivity index (χ3v) is 14.2. The molecular weight excluding hydrogens is 822 g/mol. The molecule has 1 aliphatic carbocycles. The van der Waals surface area contributed by atoms with E-state index in [1.807, 2.05) is 24.3 Å². The molecule has 338 valence electrons. The van der Waals surface area contributed by atoms with Crippen molar-refractivity contribution in [2.45, 2.75) is 130 Å². The topological polar surface area (TPSA) is 152 Å². The number of fused-ring (bicyclic) bond motifs is 2. The van der Waals surface area contributed by atoms with Crippen LogP contribution in [0.1, 0.15) is 150 Å². The molecule has 6 rings (SSSR count). The van der Waals surface area contributed by atoms with Gasteiger partial charge in [-0.3, -0.25) is 9.13 Å². The zero-order valence-corrected chi connectivity index (χ0v) is 40.6. The van der Waals surface area contributed by atoms with Crippen molar-refractivity contribution in [3.8, 4) is 11.5 Å². The first-order valence-electron chi connectivity index (χ1n) is 21.7. The Morgan fingerprint density at radius 1 is 0.371 bits per heavy atom. The third kappa shape index (κ3) is 11.1. The minimum absolute atomic E-state index is 0.0201. The van der Waals surface area contributed by atoms with Crippen molar-refractivity contribution in [3.05, 3.63) is 115 Å². The second kappa shape index (κ2) is 17.6. The van der Waals surface area contributed by atoms with Gasteiger partial charge in [0.2, 0.25) is 0 Å². The summed E-state index contributed by atoms with van der Waals surface area (Å²) in [6, 6.07) is 15.9. The molecule has 0 spiro atoms. The lowest BCUT2D eigenvalue weighted by molar-refractivity contribution is 0.0270. The highest BCUT2D eigenvalue weighted by atomic mass is 31.2. The summed E-state index contributed by atoms with van der Waals surface area (Å²) in [5.41, 5.74) is 6.99. The van der Waals surface area contributed by atoms with E-state index < -0.39 is 15.2 Å². The first-order chi connectivity index (χ1) is 28.5. The summed E-state index contributed by atoms with van der Waals surface area (Å²) in [7, 11) is -9.86. The van der Waals surface area contributed by atoms with Crippen LogP contribution < -0.4 is 20.1 Å². The zero-order valence-electron chi connectivity index (χ0n) is 38.8. The lowest BCUT2D eigenvalue weighted by Gasteiger charge is -2.29. The van der Waals surface area contributed by atoms with Gasteiger partial charge < -0.3 is 38.5 Å². The van der Waals surface area contributed by atoms with E-state index in [-0.39, 0.29) is 84.4 Å². The van der Waals surface area contributed by atoms with Gasteiger partial charge in [-0.15, -0.1) is 0 Å². The van der Waals surface area contributed by atoms with Crippen molar-refractivity contribution in [2.75, 3.05) is 39.6 Å². The van der Waals surface area contributed by atoms with E-state index in [4.69, 9.17) is 18.9 Å². The van der Waals surface area contributed by atoms with Crippen LogP contribution in [-0.2, 0) is 65.9 Å². The number of hydrogen-bond donors (Lipinski definition) is 4. The van der Waals surface area contributed by atoms with Gasteiger partial charge in [0.25, 0.3) is 0 Å². The van der Waals surface area contributed by atoms with Crippen molar-refractivity contribution in [3.63, 3.8) is 0 Å². The highest BCUT2D eigenvalue weighted by molar-refractivity contribution is 7.60. The Morgan fingerprint density at radius 3 is 0.790 bits per heavy atom. The number of rotatable bonds is 2. The molecular formula is C50H68O10P2. The molecule has 10 nitrogen and oxygen atoms in total. The van der Waals surface area contributed by atoms with E-state index in [0.29, 0.717) is 69.2 Å². The Balaban J connectivity index is 1.86. The van der Waals surface area contributed by atoms with Crippen molar-refractivity contribution >= 4 is 25.8 Å². The first kappa shape index (κ1) is 48.2. The van der Waals surface area contributed by atoms with Gasteiger partial charge in [-0.2, -0.15) is 0 Å². The molecule has 12 heteroatoms. The predicted octanol–water partition coefficient (Wildman–Crippen LogP) is 8.96. The fraction of sp³-hybridized carbons (Fsp3) is 0.520. The van der Waals surface area contributed by atoms with Gasteiger partial charge in [0, 0.05) is 25.7 Å². The molecule has 0 aromatic heterocycles. The van der Waals surface area contributed by atoms with E-state index in [9.17, 15) is 28.7 Å². The quantitative estimate of drug-likeness (QED) is 0.127. The molecule has 2 aliphatic rings. The van der Waals surface area contributed by atoms with Gasteiger partial charge in [0.15, 0.2) is 0 Å². The molecule has 1 heterocycles. The third-order valence-electron chi connectivity index (χ3n) is 11.9. The standard InChI is InChI=1S/C50H68O10P2/c1-47(2,3)39-23-31-19-35-27-41(49(7,8)9)29-37(45(35)61(51,52)53)21-33-25-40(48(4,5)6)26-34-22-38-30-42(50(10,11)12)28-36(46(38)62(54,55)56)20-32(24-39)43(31)59-17-15-57-13-14-58-16-18-60-44(33)34/h23-30H,13-22H2,1-12H3,(H2,51,52,53)(H2,54,55,56). The van der Waals surface area contributed by atoms with Gasteiger partial charge in [-0.05, 0) is 88.4 Å². The second-order valence-electron chi connectivity index (χ2n) is 21.3. The summed E-state index contributed by atoms with van der Waals surface area (Å²) in [5, 5.41) is -0.0401. The van der Waals surface area contributed by atoms with Crippen molar-refractivity contribution in [1.82, 2.24) is 0 Å². The van der Waals surface area contributed by atoms with E-state index >= 15 is 0 Å². The zero-order chi connectivity index (χ0) is 45.8. The van der Waals surface area contributed by atoms with Crippen LogP contribution in [-0.4, -0.2) is 59.2 Å². The van der Waals surface area contributed by atoms with Crippen molar-refractivity contribution in [2.24, 2.45) is 0 Å². The SMILES string of the molecule is CC(C)(C)c1cc2c3c(c1)Cc1cc(C(C)(C)C)cc(c1P(=O)(O)O)Cc1cc(C(C)(C)C)cc(c1OCCOCCOCCO3)Cc1cc(C(C)(C)C)cc(c1P(=O)(O)O)C2. The Bertz CT molecular complexity index is 2150. The molecule has 0 unspecified atom stereocenters. The molecule has 0 saturated heterocycles. The highest BCUT2D eigenvalue weighted by Crippen LogP contribution is 2.45. The number of benzene rings is 4. The lowest BCUT2D eigenvalue weighted by Crippen LogP contribution is -2.25. The summed E-state index contributed by atoms with van der Waals surface area (Å²) < 4.78 is 53.4. The summed E-state index contributed by atoms with van der Waals surface area (Å²) in [6.45, 7) is 26.6. The van der Waals surface area contributed by atoms with Crippen LogP contribution in [0.2, 0.25) is 0 Å². The fourth-order valence-electron chi connectivity index (χ4n) is 8.49. The molecule has 0 radical (unpaired) electrons. The minimum Gasteiger partial charge on any atom is -0.491 e. The largest absolute Gasteiger partial charge is 0.491 e. The molecule has 4 aromatic rings. The van der Waals surface area contributed by atoms with Crippen molar-refractivity contribution < 1.29 is 47.7 Å². The molecule has 0 amide bonds. The maximum absolute atomic E-state index is 14.0. The van der Waals surface area contributed by atoms with E-state index in [2.05, 4.69) is 107 Å². The molecule has 4 N–H and O–H groups in total. The van der Waals surface area contributed by atoms with Crippen LogP contribution >= 0.6 is 15.2 Å². The molecule has 0 saturated carbocycles. The molecule has 0 fully saturated rings. The average Bonchev–Trinajstić information content (AvgIpc) is 3.10. The highest BCUT2D eigenvalue weighted by Gasteiger charge is 2.34. The molecule has 10 bridgehead atoms. The normalized spacial score (nSPS) is 16.3. The van der Waals surface area contributed by atoms with E-state index in [1.54, 1.807) is 0 Å². The maximum atomic E-state index is 14.0. The molecule has 62 heavy (non-hydrogen) atoms. The Kier molecular flexibility index (Phi) is 13.7. The van der Waals surface area contributed by atoms with Gasteiger partial charge in [0.05, 0.1) is 37.0 Å². The lowest BCUT2D eigenvalue weighted by atomic mass is 9.79. The summed E-state index contributed by atoms with van der Waals surface area (Å²) in [4.78, 5) is 45.7. The predicted molar refractivity (Wildman–Crippen MR) is 248 cm³/mol. The van der Waals surface area contributed by atoms with Gasteiger partial charge in [-0.1, -0.05) is 132 Å². The summed E-state index contributed by atoms with van der Waals surface area (Å²) in [6.07, 6.45) is 0.475. The molecule has 4 aromatic carbocycles. The Hall–Kier alpha value is -3.30. The van der Waals surface area contributed by atoms with Crippen LogP contribution in [0.3, 0.4) is 0 Å². The number of hydrogen-bond acceptors (Lipinski definition) is 6.